The first-order valence-electron chi connectivity index (χ1n) is 6.15. The molecule has 0 aliphatic heterocycles. The summed E-state index contributed by atoms with van der Waals surface area (Å²) >= 11 is 0. The number of nitrogens with one attached hydrogen (secondary N) is 2. The molecule has 2 unspecified atom stereocenters. The Morgan fingerprint density at radius 3 is 2.39 bits per heavy atom. The van der Waals surface area contributed by atoms with Gasteiger partial charge in [0.05, 0.1) is 12.0 Å². The number of aliphatic carboxylic acids is 1. The van der Waals surface area contributed by atoms with Gasteiger partial charge < -0.3 is 15.7 Å². The van der Waals surface area contributed by atoms with E-state index in [0.717, 1.165) is 6.42 Å². The number of carbonyl (C=O) groups excluding carboxylic acids is 1. The van der Waals surface area contributed by atoms with Crippen LogP contribution in [0.15, 0.2) is 0 Å². The van der Waals surface area contributed by atoms with Gasteiger partial charge in [-0.25, -0.2) is 4.79 Å². The van der Waals surface area contributed by atoms with Crippen molar-refractivity contribution in [2.75, 3.05) is 6.54 Å². The Balaban J connectivity index is 4.16. The van der Waals surface area contributed by atoms with E-state index in [1.165, 1.54) is 0 Å². The molecule has 3 N–H and O–H groups in total. The number of carbonyl (C=O) groups is 2. The highest BCUT2D eigenvalue weighted by Gasteiger charge is 2.18. The van der Waals surface area contributed by atoms with Crippen molar-refractivity contribution in [1.29, 1.82) is 0 Å². The summed E-state index contributed by atoms with van der Waals surface area (Å²) in [6.45, 7) is 5.83. The van der Waals surface area contributed by atoms with Gasteiger partial charge >= 0.3 is 12.0 Å². The van der Waals surface area contributed by atoms with Crippen molar-refractivity contribution in [1.82, 2.24) is 10.6 Å². The Morgan fingerprint density at radius 2 is 2.00 bits per heavy atom. The molecule has 0 heterocycles. The van der Waals surface area contributed by atoms with E-state index < -0.39 is 17.9 Å². The van der Waals surface area contributed by atoms with Crippen molar-refractivity contribution >= 4 is 12.0 Å². The van der Waals surface area contributed by atoms with Crippen molar-refractivity contribution in [2.45, 2.75) is 39.7 Å². The lowest BCUT2D eigenvalue weighted by Crippen LogP contribution is -2.45. The monoisotopic (exact) mass is 254 g/mol. The zero-order valence-electron chi connectivity index (χ0n) is 11.2. The van der Waals surface area contributed by atoms with Gasteiger partial charge in [-0.2, -0.15) is 0 Å². The molecule has 0 aromatic carbocycles. The van der Waals surface area contributed by atoms with E-state index in [-0.39, 0.29) is 18.5 Å². The van der Waals surface area contributed by atoms with Crippen LogP contribution in [0.4, 0.5) is 4.79 Å². The quantitative estimate of drug-likeness (QED) is 0.602. The molecule has 0 radical (unpaired) electrons. The number of rotatable bonds is 7. The number of urea groups is 1. The zero-order valence-corrected chi connectivity index (χ0v) is 11.2. The molecule has 0 aliphatic carbocycles. The van der Waals surface area contributed by atoms with E-state index in [9.17, 15) is 9.59 Å². The second kappa shape index (κ2) is 8.40. The molecule has 2 amide bonds. The van der Waals surface area contributed by atoms with Crippen molar-refractivity contribution in [2.24, 2.45) is 11.8 Å². The second-order valence-corrected chi connectivity index (χ2v) is 4.57. The van der Waals surface area contributed by atoms with Gasteiger partial charge in [0.15, 0.2) is 0 Å². The first kappa shape index (κ1) is 16.3. The van der Waals surface area contributed by atoms with Gasteiger partial charge in [-0.15, -0.1) is 6.42 Å². The highest BCUT2D eigenvalue weighted by molar-refractivity contribution is 5.76. The van der Waals surface area contributed by atoms with Crippen molar-refractivity contribution in [3.8, 4) is 12.3 Å². The fourth-order valence-corrected chi connectivity index (χ4v) is 1.47. The van der Waals surface area contributed by atoms with Gasteiger partial charge in [0.2, 0.25) is 0 Å². The van der Waals surface area contributed by atoms with Crippen LogP contribution in [-0.4, -0.2) is 29.7 Å². The molecular weight excluding hydrogens is 232 g/mol. The summed E-state index contributed by atoms with van der Waals surface area (Å²) in [6.07, 6.45) is 6.59. The first-order chi connectivity index (χ1) is 8.42. The Morgan fingerprint density at radius 1 is 1.39 bits per heavy atom. The molecule has 5 heteroatoms. The molecule has 0 aromatic heterocycles. The molecule has 0 fully saturated rings. The molecule has 0 rings (SSSR count). The predicted octanol–water partition coefficient (Wildman–Crippen LogP) is 1.44. The van der Waals surface area contributed by atoms with Crippen LogP contribution in [0.25, 0.3) is 0 Å². The van der Waals surface area contributed by atoms with E-state index in [4.69, 9.17) is 11.5 Å². The van der Waals surface area contributed by atoms with Gasteiger partial charge in [-0.05, 0) is 12.3 Å². The van der Waals surface area contributed by atoms with Crippen LogP contribution in [0, 0.1) is 24.2 Å². The molecular formula is C13H22N2O3. The summed E-state index contributed by atoms with van der Waals surface area (Å²) in [5.74, 6) is 1.17. The smallest absolute Gasteiger partial charge is 0.315 e. The standard InChI is InChI=1S/C13H22N2O3/c1-5-7-10(12(16)17)8-14-13(18)15-11(6-2)9(3)4/h2,9-11H,5,7-8H2,1,3-4H3,(H,16,17)(H2,14,15,18). The highest BCUT2D eigenvalue weighted by Crippen LogP contribution is 2.05. The Labute approximate surface area is 108 Å². The molecule has 102 valence electrons. The largest absolute Gasteiger partial charge is 0.481 e. The van der Waals surface area contributed by atoms with Crippen LogP contribution in [0.1, 0.15) is 33.6 Å². The predicted molar refractivity (Wildman–Crippen MR) is 70.0 cm³/mol. The van der Waals surface area contributed by atoms with Crippen LogP contribution >= 0.6 is 0 Å². The minimum absolute atomic E-state index is 0.115. The summed E-state index contributed by atoms with van der Waals surface area (Å²) in [4.78, 5) is 22.4. The molecule has 0 saturated heterocycles. The molecule has 0 saturated carbocycles. The highest BCUT2D eigenvalue weighted by atomic mass is 16.4. The molecule has 5 nitrogen and oxygen atoms in total. The van der Waals surface area contributed by atoms with Crippen molar-refractivity contribution in [3.05, 3.63) is 0 Å². The maximum atomic E-state index is 11.5. The summed E-state index contributed by atoms with van der Waals surface area (Å²) in [6, 6.07) is -0.770. The average Bonchev–Trinajstić information content (AvgIpc) is 2.30. The van der Waals surface area contributed by atoms with E-state index in [1.807, 2.05) is 20.8 Å². The summed E-state index contributed by atoms with van der Waals surface area (Å²) in [7, 11) is 0. The van der Waals surface area contributed by atoms with Crippen molar-refractivity contribution < 1.29 is 14.7 Å². The number of carboxylic acids is 1. The lowest BCUT2D eigenvalue weighted by molar-refractivity contribution is -0.141. The van der Waals surface area contributed by atoms with Gasteiger partial charge in [0.1, 0.15) is 0 Å². The zero-order chi connectivity index (χ0) is 14.1. The van der Waals surface area contributed by atoms with Gasteiger partial charge in [-0.3, -0.25) is 4.79 Å². The fourth-order valence-electron chi connectivity index (χ4n) is 1.47. The molecule has 2 atom stereocenters. The van der Waals surface area contributed by atoms with Gasteiger partial charge in [0, 0.05) is 6.54 Å². The number of carboxylic acid groups (broad SMARTS) is 1. The Hall–Kier alpha value is -1.70. The van der Waals surface area contributed by atoms with E-state index in [1.54, 1.807) is 0 Å². The molecule has 0 aromatic rings. The summed E-state index contributed by atoms with van der Waals surface area (Å²) in [5, 5.41) is 14.1. The number of amides is 2. The number of hydrogen-bond donors (Lipinski definition) is 3. The summed E-state index contributed by atoms with van der Waals surface area (Å²) in [5.41, 5.74) is 0. The van der Waals surface area contributed by atoms with E-state index in [2.05, 4.69) is 16.6 Å². The van der Waals surface area contributed by atoms with E-state index >= 15 is 0 Å². The number of hydrogen-bond acceptors (Lipinski definition) is 2. The third-order valence-electron chi connectivity index (χ3n) is 2.63. The lowest BCUT2D eigenvalue weighted by Gasteiger charge is -2.18. The van der Waals surface area contributed by atoms with Crippen LogP contribution in [-0.2, 0) is 4.79 Å². The topological polar surface area (TPSA) is 78.4 Å². The maximum absolute atomic E-state index is 11.5. The Bertz CT molecular complexity index is 321. The third-order valence-corrected chi connectivity index (χ3v) is 2.63. The first-order valence-corrected chi connectivity index (χ1v) is 6.15. The minimum atomic E-state index is -0.894. The van der Waals surface area contributed by atoms with Crippen LogP contribution in [0.3, 0.4) is 0 Å². The SMILES string of the molecule is C#CC(NC(=O)NCC(CCC)C(=O)O)C(C)C. The van der Waals surface area contributed by atoms with Crippen LogP contribution < -0.4 is 10.6 Å². The van der Waals surface area contributed by atoms with E-state index in [0.29, 0.717) is 6.42 Å². The lowest BCUT2D eigenvalue weighted by atomic mass is 10.0. The van der Waals surface area contributed by atoms with Crippen LogP contribution in [0.2, 0.25) is 0 Å². The minimum Gasteiger partial charge on any atom is -0.481 e. The Kier molecular flexibility index (Phi) is 7.61. The third kappa shape index (κ3) is 6.14. The van der Waals surface area contributed by atoms with Crippen LogP contribution in [0.5, 0.6) is 0 Å². The number of terminal acetylenes is 1. The average molecular weight is 254 g/mol. The normalized spacial score (nSPS) is 13.5. The molecule has 18 heavy (non-hydrogen) atoms. The fraction of sp³-hybridized carbons (Fsp3) is 0.692. The summed E-state index contributed by atoms with van der Waals surface area (Å²) < 4.78 is 0. The van der Waals surface area contributed by atoms with Gasteiger partial charge in [0.25, 0.3) is 0 Å². The molecule has 0 aliphatic rings. The van der Waals surface area contributed by atoms with Crippen molar-refractivity contribution in [3.63, 3.8) is 0 Å². The van der Waals surface area contributed by atoms with Gasteiger partial charge in [-0.1, -0.05) is 33.1 Å². The molecule has 0 bridgehead atoms. The maximum Gasteiger partial charge on any atom is 0.315 e. The molecule has 0 spiro atoms. The second-order valence-electron chi connectivity index (χ2n) is 4.57.